The number of benzene rings is 1. The molecule has 1 aliphatic heterocycles. The minimum Gasteiger partial charge on any atom is -0.352 e. The van der Waals surface area contributed by atoms with Gasteiger partial charge >= 0.3 is 0 Å². The van der Waals surface area contributed by atoms with Crippen LogP contribution >= 0.6 is 0 Å². The van der Waals surface area contributed by atoms with E-state index < -0.39 is 0 Å². The molecule has 2 amide bonds. The molecule has 1 saturated heterocycles. The maximum absolute atomic E-state index is 12.2. The average Bonchev–Trinajstić information content (AvgIpc) is 2.46. The Kier molecular flexibility index (Phi) is 4.77. The van der Waals surface area contributed by atoms with Gasteiger partial charge in [0.25, 0.3) is 0 Å². The lowest BCUT2D eigenvalue weighted by molar-refractivity contribution is -0.134. The van der Waals surface area contributed by atoms with Crippen LogP contribution in [0.2, 0.25) is 0 Å². The second kappa shape index (κ2) is 6.55. The highest BCUT2D eigenvalue weighted by atomic mass is 16.2. The fourth-order valence-electron chi connectivity index (χ4n) is 2.61. The number of rotatable bonds is 3. The Morgan fingerprint density at radius 2 is 2.10 bits per heavy atom. The highest BCUT2D eigenvalue weighted by molar-refractivity contribution is 5.80. The Morgan fingerprint density at radius 1 is 1.35 bits per heavy atom. The molecule has 1 aliphatic rings. The van der Waals surface area contributed by atoms with E-state index in [2.05, 4.69) is 5.32 Å². The molecule has 1 fully saturated rings. The lowest BCUT2D eigenvalue weighted by Gasteiger charge is -2.31. The normalized spacial score (nSPS) is 18.7. The minimum atomic E-state index is -0.0725. The zero-order valence-electron chi connectivity index (χ0n) is 12.2. The molecule has 20 heavy (non-hydrogen) atoms. The van der Waals surface area contributed by atoms with Crippen LogP contribution < -0.4 is 5.32 Å². The van der Waals surface area contributed by atoms with Crippen molar-refractivity contribution in [3.63, 3.8) is 0 Å². The molecular weight excluding hydrogens is 252 g/mol. The lowest BCUT2D eigenvalue weighted by Crippen LogP contribution is -2.44. The third-order valence-electron chi connectivity index (χ3n) is 3.95. The fourth-order valence-corrected chi connectivity index (χ4v) is 2.61. The Hall–Kier alpha value is -1.84. The number of carbonyl (C=O) groups is 2. The summed E-state index contributed by atoms with van der Waals surface area (Å²) >= 11 is 0. The quantitative estimate of drug-likeness (QED) is 0.914. The first-order valence-corrected chi connectivity index (χ1v) is 7.15. The Morgan fingerprint density at radius 3 is 2.80 bits per heavy atom. The van der Waals surface area contributed by atoms with Crippen LogP contribution in [0.25, 0.3) is 0 Å². The predicted octanol–water partition coefficient (Wildman–Crippen LogP) is 1.87. The molecule has 4 heteroatoms. The van der Waals surface area contributed by atoms with Crippen LogP contribution in [0.1, 0.15) is 30.9 Å². The maximum Gasteiger partial charge on any atom is 0.225 e. The van der Waals surface area contributed by atoms with Gasteiger partial charge in [-0.3, -0.25) is 9.59 Å². The number of hydrogen-bond donors (Lipinski definition) is 1. The molecule has 4 nitrogen and oxygen atoms in total. The molecule has 2 rings (SSSR count). The van der Waals surface area contributed by atoms with Crippen molar-refractivity contribution < 1.29 is 9.59 Å². The zero-order chi connectivity index (χ0) is 14.5. The molecular formula is C16H22N2O2. The van der Waals surface area contributed by atoms with E-state index in [0.717, 1.165) is 24.9 Å². The minimum absolute atomic E-state index is 0.0548. The summed E-state index contributed by atoms with van der Waals surface area (Å²) in [6, 6.07) is 8.04. The van der Waals surface area contributed by atoms with Gasteiger partial charge in [-0.2, -0.15) is 0 Å². The van der Waals surface area contributed by atoms with Crippen molar-refractivity contribution in [1.29, 1.82) is 0 Å². The van der Waals surface area contributed by atoms with Crippen LogP contribution in [0.5, 0.6) is 0 Å². The molecule has 0 aliphatic carbocycles. The molecule has 1 aromatic carbocycles. The largest absolute Gasteiger partial charge is 0.352 e. The van der Waals surface area contributed by atoms with Gasteiger partial charge in [-0.05, 0) is 30.9 Å². The van der Waals surface area contributed by atoms with E-state index >= 15 is 0 Å². The monoisotopic (exact) mass is 274 g/mol. The van der Waals surface area contributed by atoms with Gasteiger partial charge in [0.1, 0.15) is 0 Å². The molecule has 1 aromatic rings. The van der Waals surface area contributed by atoms with Crippen molar-refractivity contribution in [2.24, 2.45) is 5.92 Å². The van der Waals surface area contributed by atoms with Crippen molar-refractivity contribution in [2.45, 2.75) is 33.2 Å². The van der Waals surface area contributed by atoms with E-state index in [4.69, 9.17) is 0 Å². The second-order valence-corrected chi connectivity index (χ2v) is 5.45. The molecule has 0 spiro atoms. The highest BCUT2D eigenvalue weighted by Crippen LogP contribution is 2.17. The van der Waals surface area contributed by atoms with Gasteiger partial charge in [0.2, 0.25) is 11.8 Å². The summed E-state index contributed by atoms with van der Waals surface area (Å²) in [6.07, 6.45) is 1.77. The molecule has 108 valence electrons. The molecule has 1 heterocycles. The van der Waals surface area contributed by atoms with E-state index in [1.54, 1.807) is 11.8 Å². The van der Waals surface area contributed by atoms with Gasteiger partial charge in [-0.15, -0.1) is 0 Å². The number of piperidine rings is 1. The fraction of sp³-hybridized carbons (Fsp3) is 0.500. The topological polar surface area (TPSA) is 49.4 Å². The van der Waals surface area contributed by atoms with Crippen molar-refractivity contribution >= 4 is 11.8 Å². The van der Waals surface area contributed by atoms with Crippen molar-refractivity contribution in [3.8, 4) is 0 Å². The second-order valence-electron chi connectivity index (χ2n) is 5.45. The van der Waals surface area contributed by atoms with Crippen LogP contribution in [0.3, 0.4) is 0 Å². The van der Waals surface area contributed by atoms with Gasteiger partial charge in [-0.1, -0.05) is 24.3 Å². The Balaban J connectivity index is 1.89. The third kappa shape index (κ3) is 3.59. The van der Waals surface area contributed by atoms with Crippen LogP contribution in [0.4, 0.5) is 0 Å². The number of likely N-dealkylation sites (tertiary alicyclic amines) is 1. The van der Waals surface area contributed by atoms with Crippen molar-refractivity contribution in [1.82, 2.24) is 10.2 Å². The van der Waals surface area contributed by atoms with Crippen LogP contribution in [0, 0.1) is 12.8 Å². The van der Waals surface area contributed by atoms with E-state index in [0.29, 0.717) is 13.1 Å². The van der Waals surface area contributed by atoms with Gasteiger partial charge in [0.15, 0.2) is 0 Å². The number of carbonyl (C=O) groups excluding carboxylic acids is 2. The molecule has 0 saturated carbocycles. The van der Waals surface area contributed by atoms with Crippen molar-refractivity contribution in [2.75, 3.05) is 13.1 Å². The number of nitrogens with zero attached hydrogens (tertiary/aromatic N) is 1. The van der Waals surface area contributed by atoms with Gasteiger partial charge in [0, 0.05) is 26.6 Å². The number of nitrogens with one attached hydrogen (secondary N) is 1. The van der Waals surface area contributed by atoms with Crippen molar-refractivity contribution in [3.05, 3.63) is 35.4 Å². The van der Waals surface area contributed by atoms with Crippen LogP contribution in [-0.2, 0) is 16.1 Å². The summed E-state index contributed by atoms with van der Waals surface area (Å²) in [7, 11) is 0. The molecule has 0 radical (unpaired) electrons. The first kappa shape index (κ1) is 14.6. The lowest BCUT2D eigenvalue weighted by atomic mass is 9.97. The Labute approximate surface area is 120 Å². The maximum atomic E-state index is 12.2. The highest BCUT2D eigenvalue weighted by Gasteiger charge is 2.26. The summed E-state index contributed by atoms with van der Waals surface area (Å²) in [4.78, 5) is 25.4. The summed E-state index contributed by atoms with van der Waals surface area (Å²) in [6.45, 7) is 5.49. The third-order valence-corrected chi connectivity index (χ3v) is 3.95. The van der Waals surface area contributed by atoms with Crippen LogP contribution in [0.15, 0.2) is 24.3 Å². The standard InChI is InChI=1S/C16H22N2O2/c1-12-6-3-4-7-14(12)10-17-16(20)15-8-5-9-18(11-15)13(2)19/h3-4,6-7,15H,5,8-11H2,1-2H3,(H,17,20)/t15-/m0/s1. The van der Waals surface area contributed by atoms with Gasteiger partial charge in [0.05, 0.1) is 5.92 Å². The summed E-state index contributed by atoms with van der Waals surface area (Å²) in [5.74, 6) is 0.0391. The Bertz CT molecular complexity index is 499. The van der Waals surface area contributed by atoms with Gasteiger partial charge < -0.3 is 10.2 Å². The number of amides is 2. The molecule has 0 bridgehead atoms. The number of hydrogen-bond acceptors (Lipinski definition) is 2. The molecule has 0 aromatic heterocycles. The van der Waals surface area contributed by atoms with Gasteiger partial charge in [-0.25, -0.2) is 0 Å². The zero-order valence-corrected chi connectivity index (χ0v) is 12.2. The number of aryl methyl sites for hydroxylation is 1. The first-order chi connectivity index (χ1) is 9.58. The molecule has 1 atom stereocenters. The molecule has 0 unspecified atom stereocenters. The predicted molar refractivity (Wildman–Crippen MR) is 78.0 cm³/mol. The molecule has 1 N–H and O–H groups in total. The summed E-state index contributed by atoms with van der Waals surface area (Å²) in [5.41, 5.74) is 2.32. The van der Waals surface area contributed by atoms with E-state index in [-0.39, 0.29) is 17.7 Å². The smallest absolute Gasteiger partial charge is 0.225 e. The van der Waals surface area contributed by atoms with E-state index in [1.807, 2.05) is 31.2 Å². The van der Waals surface area contributed by atoms with E-state index in [1.165, 1.54) is 5.56 Å². The summed E-state index contributed by atoms with van der Waals surface area (Å²) < 4.78 is 0. The summed E-state index contributed by atoms with van der Waals surface area (Å²) in [5, 5.41) is 2.99. The first-order valence-electron chi connectivity index (χ1n) is 7.15. The van der Waals surface area contributed by atoms with E-state index in [9.17, 15) is 9.59 Å². The average molecular weight is 274 g/mol. The SMILES string of the molecule is CC(=O)N1CCC[C@H](C(=O)NCc2ccccc2C)C1. The van der Waals surface area contributed by atoms with Crippen LogP contribution in [-0.4, -0.2) is 29.8 Å².